The first kappa shape index (κ1) is 16.3. The van der Waals surface area contributed by atoms with E-state index < -0.39 is 10.8 Å². The second kappa shape index (κ2) is 7.80. The Morgan fingerprint density at radius 2 is 2.00 bits per heavy atom. The molecule has 0 bridgehead atoms. The lowest BCUT2D eigenvalue weighted by molar-refractivity contribution is 0.297. The first-order chi connectivity index (χ1) is 10.2. The van der Waals surface area contributed by atoms with Crippen LogP contribution < -0.4 is 14.8 Å². The van der Waals surface area contributed by atoms with E-state index in [9.17, 15) is 4.21 Å². The van der Waals surface area contributed by atoms with E-state index in [1.807, 2.05) is 32.2 Å². The van der Waals surface area contributed by atoms with E-state index in [0.29, 0.717) is 19.0 Å². The van der Waals surface area contributed by atoms with E-state index in [1.54, 1.807) is 0 Å². The fraction of sp³-hybridized carbons (Fsp3) is 0.625. The van der Waals surface area contributed by atoms with Gasteiger partial charge in [0.2, 0.25) is 0 Å². The molecule has 0 radical (unpaired) electrons. The van der Waals surface area contributed by atoms with Gasteiger partial charge in [-0.25, -0.2) is 0 Å². The van der Waals surface area contributed by atoms with Gasteiger partial charge < -0.3 is 14.8 Å². The third-order valence-electron chi connectivity index (χ3n) is 3.88. The Labute approximate surface area is 129 Å². The molecule has 3 atom stereocenters. The zero-order chi connectivity index (χ0) is 15.2. The highest BCUT2D eigenvalue weighted by atomic mass is 32.2. The molecule has 3 unspecified atom stereocenters. The number of ether oxygens (including phenoxy) is 2. The van der Waals surface area contributed by atoms with Gasteiger partial charge in [0.05, 0.1) is 13.2 Å². The van der Waals surface area contributed by atoms with E-state index in [2.05, 4.69) is 12.2 Å². The lowest BCUT2D eigenvalue weighted by Gasteiger charge is -2.19. The minimum atomic E-state index is -0.835. The predicted molar refractivity (Wildman–Crippen MR) is 86.6 cm³/mol. The maximum absolute atomic E-state index is 12.3. The molecule has 21 heavy (non-hydrogen) atoms. The molecular weight excluding hydrogens is 286 g/mol. The van der Waals surface area contributed by atoms with Crippen LogP contribution in [-0.4, -0.2) is 35.5 Å². The maximum atomic E-state index is 12.3. The van der Waals surface area contributed by atoms with Crippen molar-refractivity contribution in [3.05, 3.63) is 23.8 Å². The number of rotatable bonds is 6. The van der Waals surface area contributed by atoms with Gasteiger partial charge in [0.15, 0.2) is 11.5 Å². The summed E-state index contributed by atoms with van der Waals surface area (Å²) in [5.74, 6) is 2.21. The van der Waals surface area contributed by atoms with Crippen LogP contribution >= 0.6 is 0 Å². The Hall–Kier alpha value is -1.07. The Morgan fingerprint density at radius 3 is 2.67 bits per heavy atom. The van der Waals surface area contributed by atoms with Crippen molar-refractivity contribution in [1.29, 1.82) is 0 Å². The Morgan fingerprint density at radius 1 is 1.29 bits per heavy atom. The number of hydrogen-bond donors (Lipinski definition) is 1. The average molecular weight is 311 g/mol. The molecule has 0 aromatic heterocycles. The zero-order valence-corrected chi connectivity index (χ0v) is 13.9. The van der Waals surface area contributed by atoms with Crippen molar-refractivity contribution in [3.63, 3.8) is 0 Å². The van der Waals surface area contributed by atoms with Gasteiger partial charge in [0.1, 0.15) is 0 Å². The SMILES string of the molecule is CCC(C)S(=O)CC(NC)c1ccc2c(c1)OCCCO2. The van der Waals surface area contributed by atoms with E-state index >= 15 is 0 Å². The highest BCUT2D eigenvalue weighted by molar-refractivity contribution is 7.85. The smallest absolute Gasteiger partial charge is 0.161 e. The molecule has 0 fully saturated rings. The zero-order valence-electron chi connectivity index (χ0n) is 13.1. The highest BCUT2D eigenvalue weighted by Crippen LogP contribution is 2.32. The fourth-order valence-corrected chi connectivity index (χ4v) is 3.65. The van der Waals surface area contributed by atoms with Gasteiger partial charge >= 0.3 is 0 Å². The monoisotopic (exact) mass is 311 g/mol. The number of benzene rings is 1. The molecule has 1 aliphatic rings. The van der Waals surface area contributed by atoms with Crippen LogP contribution in [0, 0.1) is 0 Å². The topological polar surface area (TPSA) is 47.6 Å². The summed E-state index contributed by atoms with van der Waals surface area (Å²) in [6.45, 7) is 5.49. The molecule has 0 amide bonds. The van der Waals surface area contributed by atoms with Crippen molar-refractivity contribution < 1.29 is 13.7 Å². The van der Waals surface area contributed by atoms with Crippen molar-refractivity contribution >= 4 is 10.8 Å². The van der Waals surface area contributed by atoms with Crippen LogP contribution in [0.15, 0.2) is 18.2 Å². The summed E-state index contributed by atoms with van der Waals surface area (Å²) in [4.78, 5) is 0. The fourth-order valence-electron chi connectivity index (χ4n) is 2.26. The van der Waals surface area contributed by atoms with E-state index in [-0.39, 0.29) is 11.3 Å². The largest absolute Gasteiger partial charge is 0.490 e. The third kappa shape index (κ3) is 4.20. The molecule has 1 heterocycles. The van der Waals surface area contributed by atoms with Crippen LogP contribution in [-0.2, 0) is 10.8 Å². The van der Waals surface area contributed by atoms with Gasteiger partial charge in [-0.3, -0.25) is 4.21 Å². The van der Waals surface area contributed by atoms with Gasteiger partial charge in [0.25, 0.3) is 0 Å². The minimum Gasteiger partial charge on any atom is -0.490 e. The Balaban J connectivity index is 2.14. The molecule has 1 aliphatic heterocycles. The van der Waals surface area contributed by atoms with Crippen LogP contribution in [0.1, 0.15) is 38.3 Å². The van der Waals surface area contributed by atoms with Crippen molar-refractivity contribution in [2.75, 3.05) is 26.0 Å². The molecule has 1 aromatic rings. The molecule has 4 nitrogen and oxygen atoms in total. The number of fused-ring (bicyclic) bond motifs is 1. The average Bonchev–Trinajstić information content (AvgIpc) is 2.75. The van der Waals surface area contributed by atoms with Gasteiger partial charge in [0, 0.05) is 34.3 Å². The lowest BCUT2D eigenvalue weighted by atomic mass is 10.1. The van der Waals surface area contributed by atoms with Crippen molar-refractivity contribution in [2.24, 2.45) is 0 Å². The standard InChI is InChI=1S/C16H25NO3S/c1-4-12(2)21(18)11-14(17-3)13-6-7-15-16(10-13)20-9-5-8-19-15/h6-7,10,12,14,17H,4-5,8-9,11H2,1-3H3. The Bertz CT molecular complexity index is 492. The van der Waals surface area contributed by atoms with Gasteiger partial charge in [-0.15, -0.1) is 0 Å². The highest BCUT2D eigenvalue weighted by Gasteiger charge is 2.19. The van der Waals surface area contributed by atoms with Crippen molar-refractivity contribution in [1.82, 2.24) is 5.32 Å². The molecule has 1 N–H and O–H groups in total. The molecule has 0 saturated heterocycles. The number of hydrogen-bond acceptors (Lipinski definition) is 4. The third-order valence-corrected chi connectivity index (χ3v) is 5.77. The first-order valence-electron chi connectivity index (χ1n) is 7.59. The second-order valence-corrected chi connectivity index (χ2v) is 7.26. The van der Waals surface area contributed by atoms with Crippen LogP contribution in [0.2, 0.25) is 0 Å². The lowest BCUT2D eigenvalue weighted by Crippen LogP contribution is -2.26. The molecule has 118 valence electrons. The molecule has 0 spiro atoms. The summed E-state index contributed by atoms with van der Waals surface area (Å²) in [5.41, 5.74) is 1.10. The van der Waals surface area contributed by atoms with Crippen molar-refractivity contribution in [3.8, 4) is 11.5 Å². The second-order valence-electron chi connectivity index (χ2n) is 5.36. The molecule has 0 saturated carbocycles. The normalized spacial score (nSPS) is 18.6. The van der Waals surface area contributed by atoms with E-state index in [4.69, 9.17) is 9.47 Å². The van der Waals surface area contributed by atoms with Gasteiger partial charge in [-0.1, -0.05) is 19.9 Å². The summed E-state index contributed by atoms with van der Waals surface area (Å²) < 4.78 is 23.7. The van der Waals surface area contributed by atoms with Gasteiger partial charge in [-0.05, 0) is 31.2 Å². The first-order valence-corrected chi connectivity index (χ1v) is 8.98. The van der Waals surface area contributed by atoms with Crippen LogP contribution in [0.25, 0.3) is 0 Å². The Kier molecular flexibility index (Phi) is 6.06. The molecule has 2 rings (SSSR count). The van der Waals surface area contributed by atoms with Crippen LogP contribution in [0.5, 0.6) is 11.5 Å². The van der Waals surface area contributed by atoms with Crippen molar-refractivity contribution in [2.45, 2.75) is 38.0 Å². The summed E-state index contributed by atoms with van der Waals surface area (Å²) in [6, 6.07) is 6.06. The summed E-state index contributed by atoms with van der Waals surface area (Å²) in [6.07, 6.45) is 1.84. The van der Waals surface area contributed by atoms with E-state index in [1.165, 1.54) is 0 Å². The molecule has 0 aliphatic carbocycles. The van der Waals surface area contributed by atoms with E-state index in [0.717, 1.165) is 29.9 Å². The quantitative estimate of drug-likeness (QED) is 0.877. The molecule has 5 heteroatoms. The summed E-state index contributed by atoms with van der Waals surface area (Å²) >= 11 is 0. The molecular formula is C16H25NO3S. The number of nitrogens with one attached hydrogen (secondary N) is 1. The van der Waals surface area contributed by atoms with Crippen LogP contribution in [0.3, 0.4) is 0 Å². The molecule has 1 aromatic carbocycles. The summed E-state index contributed by atoms with van der Waals surface area (Å²) in [7, 11) is 1.07. The van der Waals surface area contributed by atoms with Gasteiger partial charge in [-0.2, -0.15) is 0 Å². The maximum Gasteiger partial charge on any atom is 0.161 e. The minimum absolute atomic E-state index is 0.0667. The van der Waals surface area contributed by atoms with Crippen LogP contribution in [0.4, 0.5) is 0 Å². The predicted octanol–water partition coefficient (Wildman–Crippen LogP) is 2.66. The summed E-state index contributed by atoms with van der Waals surface area (Å²) in [5, 5.41) is 3.48.